The van der Waals surface area contributed by atoms with Crippen LogP contribution in [0.3, 0.4) is 0 Å². The van der Waals surface area contributed by atoms with Crippen molar-refractivity contribution in [3.63, 3.8) is 0 Å². The van der Waals surface area contributed by atoms with Gasteiger partial charge >= 0.3 is 0 Å². The number of nitrogens with two attached hydrogens (primary N) is 1. The lowest BCUT2D eigenvalue weighted by Gasteiger charge is -2.38. The van der Waals surface area contributed by atoms with E-state index in [2.05, 4.69) is 19.8 Å². The average molecular weight is 291 g/mol. The lowest BCUT2D eigenvalue weighted by Crippen LogP contribution is -2.50. The number of thiocarbonyl (C=S) groups is 1. The maximum Gasteiger partial charge on any atom is 0.157 e. The molecule has 0 spiro atoms. The highest BCUT2D eigenvalue weighted by molar-refractivity contribution is 7.80. The second-order valence-electron chi connectivity index (χ2n) is 5.55. The highest BCUT2D eigenvalue weighted by atomic mass is 32.1. The lowest BCUT2D eigenvalue weighted by molar-refractivity contribution is 0.187. The highest BCUT2D eigenvalue weighted by Gasteiger charge is 2.27. The van der Waals surface area contributed by atoms with Crippen molar-refractivity contribution in [2.75, 3.05) is 31.1 Å². The summed E-state index contributed by atoms with van der Waals surface area (Å²) in [6.45, 7) is 4.14. The van der Waals surface area contributed by atoms with E-state index in [1.165, 1.54) is 25.7 Å². The van der Waals surface area contributed by atoms with Gasteiger partial charge in [-0.3, -0.25) is 4.90 Å². The molecule has 0 amide bonds. The van der Waals surface area contributed by atoms with Gasteiger partial charge in [0.2, 0.25) is 0 Å². The Balaban J connectivity index is 1.67. The zero-order valence-corrected chi connectivity index (χ0v) is 12.5. The third-order valence-corrected chi connectivity index (χ3v) is 4.56. The second kappa shape index (κ2) is 6.01. The van der Waals surface area contributed by atoms with E-state index < -0.39 is 0 Å². The summed E-state index contributed by atoms with van der Waals surface area (Å²) >= 11 is 5.07. The quantitative estimate of drug-likeness (QED) is 0.844. The van der Waals surface area contributed by atoms with E-state index in [0.717, 1.165) is 38.0 Å². The van der Waals surface area contributed by atoms with Gasteiger partial charge in [0.05, 0.1) is 0 Å². The fraction of sp³-hybridized carbons (Fsp3) is 0.643. The Bertz CT molecular complexity index is 478. The minimum atomic E-state index is 0.325. The molecule has 0 radical (unpaired) electrons. The van der Waals surface area contributed by atoms with Gasteiger partial charge in [0.1, 0.15) is 10.7 Å². The molecule has 2 heterocycles. The molecule has 3 rings (SSSR count). The van der Waals surface area contributed by atoms with Crippen LogP contribution in [-0.2, 0) is 0 Å². The van der Waals surface area contributed by atoms with Crippen molar-refractivity contribution in [3.8, 4) is 0 Å². The van der Waals surface area contributed by atoms with E-state index in [0.29, 0.717) is 10.7 Å². The molecule has 108 valence electrons. The molecule has 20 heavy (non-hydrogen) atoms. The molecule has 1 aliphatic heterocycles. The number of hydrogen-bond acceptors (Lipinski definition) is 5. The van der Waals surface area contributed by atoms with Crippen LogP contribution in [0.1, 0.15) is 31.4 Å². The smallest absolute Gasteiger partial charge is 0.157 e. The Labute approximate surface area is 125 Å². The van der Waals surface area contributed by atoms with Gasteiger partial charge in [-0.05, 0) is 12.8 Å². The van der Waals surface area contributed by atoms with Crippen molar-refractivity contribution in [2.45, 2.75) is 31.7 Å². The summed E-state index contributed by atoms with van der Waals surface area (Å²) in [5, 5.41) is 0. The molecular formula is C14H21N5S. The Morgan fingerprint density at radius 3 is 2.40 bits per heavy atom. The minimum absolute atomic E-state index is 0.325. The van der Waals surface area contributed by atoms with Gasteiger partial charge in [0.25, 0.3) is 0 Å². The molecular weight excluding hydrogens is 270 g/mol. The zero-order chi connectivity index (χ0) is 13.9. The fourth-order valence-corrected chi connectivity index (χ4v) is 3.45. The van der Waals surface area contributed by atoms with Crippen molar-refractivity contribution in [1.29, 1.82) is 0 Å². The van der Waals surface area contributed by atoms with E-state index in [1.807, 2.05) is 0 Å². The van der Waals surface area contributed by atoms with Crippen LogP contribution in [0.25, 0.3) is 0 Å². The number of hydrogen-bond donors (Lipinski definition) is 1. The van der Waals surface area contributed by atoms with Gasteiger partial charge in [-0.2, -0.15) is 0 Å². The second-order valence-corrected chi connectivity index (χ2v) is 5.99. The van der Waals surface area contributed by atoms with Crippen LogP contribution in [0.15, 0.2) is 12.4 Å². The number of aromatic nitrogens is 2. The molecule has 2 fully saturated rings. The lowest BCUT2D eigenvalue weighted by atomic mass is 10.2. The molecule has 1 aromatic heterocycles. The van der Waals surface area contributed by atoms with E-state index in [-0.39, 0.29) is 0 Å². The van der Waals surface area contributed by atoms with Crippen LogP contribution in [0.2, 0.25) is 0 Å². The largest absolute Gasteiger partial charge is 0.388 e. The Kier molecular flexibility index (Phi) is 4.12. The summed E-state index contributed by atoms with van der Waals surface area (Å²) in [6.07, 6.45) is 8.86. The summed E-state index contributed by atoms with van der Waals surface area (Å²) in [6, 6.07) is 0.800. The normalized spacial score (nSPS) is 21.3. The maximum atomic E-state index is 5.74. The molecule has 0 atom stereocenters. The Morgan fingerprint density at radius 1 is 1.10 bits per heavy atom. The first-order chi connectivity index (χ1) is 9.75. The average Bonchev–Trinajstić information content (AvgIpc) is 3.02. The summed E-state index contributed by atoms with van der Waals surface area (Å²) in [5.41, 5.74) is 6.39. The zero-order valence-electron chi connectivity index (χ0n) is 11.7. The van der Waals surface area contributed by atoms with Crippen LogP contribution < -0.4 is 10.6 Å². The van der Waals surface area contributed by atoms with E-state index >= 15 is 0 Å². The van der Waals surface area contributed by atoms with Gasteiger partial charge in [-0.25, -0.2) is 9.97 Å². The van der Waals surface area contributed by atoms with E-state index in [9.17, 15) is 0 Å². The maximum absolute atomic E-state index is 5.74. The van der Waals surface area contributed by atoms with Crippen molar-refractivity contribution in [1.82, 2.24) is 14.9 Å². The molecule has 0 aromatic carbocycles. The standard InChI is InChI=1S/C14H21N5S/c15-13(20)12-14(17-6-5-16-12)19-9-7-18(8-10-19)11-3-1-2-4-11/h5-6,11H,1-4,7-10H2,(H2,15,20). The first-order valence-corrected chi connectivity index (χ1v) is 7.76. The third-order valence-electron chi connectivity index (χ3n) is 4.37. The van der Waals surface area contributed by atoms with E-state index in [1.54, 1.807) is 12.4 Å². The monoisotopic (exact) mass is 291 g/mol. The van der Waals surface area contributed by atoms with Crippen LogP contribution in [0.4, 0.5) is 5.82 Å². The number of anilines is 1. The van der Waals surface area contributed by atoms with Crippen LogP contribution in [-0.4, -0.2) is 52.1 Å². The predicted octanol–water partition coefficient (Wildman–Crippen LogP) is 1.18. The van der Waals surface area contributed by atoms with Gasteiger partial charge in [0.15, 0.2) is 5.82 Å². The summed E-state index contributed by atoms with van der Waals surface area (Å²) in [7, 11) is 0. The number of piperazine rings is 1. The first kappa shape index (κ1) is 13.7. The molecule has 2 aliphatic rings. The summed E-state index contributed by atoms with van der Waals surface area (Å²) in [4.78, 5) is 13.9. The Hall–Kier alpha value is -1.27. The Morgan fingerprint density at radius 2 is 1.75 bits per heavy atom. The summed E-state index contributed by atoms with van der Waals surface area (Å²) < 4.78 is 0. The van der Waals surface area contributed by atoms with Crippen LogP contribution in [0.5, 0.6) is 0 Å². The topological polar surface area (TPSA) is 58.3 Å². The molecule has 6 heteroatoms. The molecule has 0 bridgehead atoms. The van der Waals surface area contributed by atoms with Crippen molar-refractivity contribution < 1.29 is 0 Å². The van der Waals surface area contributed by atoms with Crippen LogP contribution in [0, 0.1) is 0 Å². The molecule has 1 aliphatic carbocycles. The first-order valence-electron chi connectivity index (χ1n) is 7.35. The van der Waals surface area contributed by atoms with Gasteiger partial charge in [0, 0.05) is 44.6 Å². The molecule has 1 saturated heterocycles. The predicted molar refractivity (Wildman–Crippen MR) is 84.0 cm³/mol. The van der Waals surface area contributed by atoms with Crippen molar-refractivity contribution in [3.05, 3.63) is 18.1 Å². The number of nitrogens with zero attached hydrogens (tertiary/aromatic N) is 4. The third kappa shape index (κ3) is 2.76. The van der Waals surface area contributed by atoms with Crippen LogP contribution >= 0.6 is 12.2 Å². The van der Waals surface area contributed by atoms with Gasteiger partial charge in [-0.15, -0.1) is 0 Å². The minimum Gasteiger partial charge on any atom is -0.388 e. The molecule has 2 N–H and O–H groups in total. The highest BCUT2D eigenvalue weighted by Crippen LogP contribution is 2.25. The fourth-order valence-electron chi connectivity index (χ4n) is 3.30. The molecule has 1 aromatic rings. The summed E-state index contributed by atoms with van der Waals surface area (Å²) in [5.74, 6) is 0.839. The van der Waals surface area contributed by atoms with Crippen molar-refractivity contribution >= 4 is 23.0 Å². The molecule has 1 saturated carbocycles. The SMILES string of the molecule is NC(=S)c1nccnc1N1CCN(C2CCCC2)CC1. The van der Waals surface area contributed by atoms with Gasteiger partial charge < -0.3 is 10.6 Å². The molecule has 5 nitrogen and oxygen atoms in total. The number of rotatable bonds is 3. The van der Waals surface area contributed by atoms with Crippen molar-refractivity contribution in [2.24, 2.45) is 5.73 Å². The van der Waals surface area contributed by atoms with Gasteiger partial charge in [-0.1, -0.05) is 25.1 Å². The van der Waals surface area contributed by atoms with E-state index in [4.69, 9.17) is 18.0 Å². The molecule has 0 unspecified atom stereocenters.